The Morgan fingerprint density at radius 1 is 0.784 bits per heavy atom. The molecule has 1 aliphatic rings. The summed E-state index contributed by atoms with van der Waals surface area (Å²) in [6, 6.07) is 19.8. The zero-order valence-corrected chi connectivity index (χ0v) is 25.1. The largest absolute Gasteiger partial charge is 0.504 e. The summed E-state index contributed by atoms with van der Waals surface area (Å²) in [6.07, 6.45) is 1.81. The van der Waals surface area contributed by atoms with Crippen molar-refractivity contribution in [2.45, 2.75) is 59.3 Å². The molecule has 1 radical (unpaired) electrons. The van der Waals surface area contributed by atoms with Crippen LogP contribution in [0.1, 0.15) is 58.5 Å². The molecule has 6 heteroatoms. The molecule has 0 saturated heterocycles. The van der Waals surface area contributed by atoms with Crippen LogP contribution in [0, 0.1) is 18.4 Å². The smallest absolute Gasteiger partial charge is 0.165 e. The Hall–Kier alpha value is -2.95. The van der Waals surface area contributed by atoms with Crippen LogP contribution in [0.2, 0.25) is 0 Å². The molecule has 0 saturated carbocycles. The summed E-state index contributed by atoms with van der Waals surface area (Å²) in [5, 5.41) is 0. The zero-order valence-electron chi connectivity index (χ0n) is 22.7. The second-order valence-electron chi connectivity index (χ2n) is 11.2. The van der Waals surface area contributed by atoms with Crippen molar-refractivity contribution in [1.82, 2.24) is 19.9 Å². The van der Waals surface area contributed by atoms with Gasteiger partial charge in [0, 0.05) is 43.1 Å². The fraction of sp³-hybridized carbons (Fsp3) is 0.355. The number of hydrogen-bond acceptors (Lipinski definition) is 5. The van der Waals surface area contributed by atoms with E-state index < -0.39 is 0 Å². The van der Waals surface area contributed by atoms with Gasteiger partial charge in [-0.05, 0) is 29.2 Å². The monoisotopic (exact) mass is 670 g/mol. The van der Waals surface area contributed by atoms with Crippen molar-refractivity contribution in [3.05, 3.63) is 77.7 Å². The van der Waals surface area contributed by atoms with E-state index >= 15 is 0 Å². The Labute approximate surface area is 233 Å². The maximum Gasteiger partial charge on any atom is 0.165 e. The van der Waals surface area contributed by atoms with Crippen molar-refractivity contribution in [2.75, 3.05) is 7.11 Å². The van der Waals surface area contributed by atoms with Crippen molar-refractivity contribution >= 4 is 0 Å². The molecule has 37 heavy (non-hydrogen) atoms. The number of rotatable bonds is 4. The van der Waals surface area contributed by atoms with Crippen LogP contribution in [0.4, 0.5) is 0 Å². The second-order valence-corrected chi connectivity index (χ2v) is 11.2. The van der Waals surface area contributed by atoms with Gasteiger partial charge in [-0.15, -0.1) is 34.9 Å². The molecule has 0 amide bonds. The van der Waals surface area contributed by atoms with E-state index in [1.54, 1.807) is 7.11 Å². The maximum absolute atomic E-state index is 5.81. The molecule has 0 N–H and O–H groups in total. The third-order valence-corrected chi connectivity index (χ3v) is 8.79. The van der Waals surface area contributed by atoms with Gasteiger partial charge in [-0.2, -0.15) is 0 Å². The minimum Gasteiger partial charge on any atom is -0.504 e. The number of hydrogen-bond donors (Lipinski definition) is 0. The van der Waals surface area contributed by atoms with E-state index in [1.165, 1.54) is 11.1 Å². The van der Waals surface area contributed by atoms with Crippen LogP contribution in [-0.4, -0.2) is 27.0 Å². The van der Waals surface area contributed by atoms with Crippen molar-refractivity contribution in [1.29, 1.82) is 0 Å². The molecule has 0 spiro atoms. The van der Waals surface area contributed by atoms with Gasteiger partial charge in [0.15, 0.2) is 11.6 Å². The van der Waals surface area contributed by atoms with Gasteiger partial charge in [-0.1, -0.05) is 71.9 Å². The molecule has 5 nitrogen and oxygen atoms in total. The Morgan fingerprint density at radius 2 is 1.41 bits per heavy atom. The van der Waals surface area contributed by atoms with Crippen LogP contribution in [0.5, 0.6) is 5.75 Å². The third-order valence-electron chi connectivity index (χ3n) is 8.79. The number of pyridine rings is 1. The van der Waals surface area contributed by atoms with Crippen LogP contribution in [0.25, 0.3) is 34.0 Å². The van der Waals surface area contributed by atoms with E-state index in [1.807, 2.05) is 49.5 Å². The van der Waals surface area contributed by atoms with Gasteiger partial charge < -0.3 is 9.72 Å². The summed E-state index contributed by atoms with van der Waals surface area (Å²) in [7, 11) is 1.67. The van der Waals surface area contributed by atoms with Gasteiger partial charge in [0.25, 0.3) is 0 Å². The van der Waals surface area contributed by atoms with E-state index in [4.69, 9.17) is 14.7 Å². The Balaban J connectivity index is 0.00000320. The molecule has 4 aromatic rings. The fourth-order valence-electron chi connectivity index (χ4n) is 5.37. The Bertz CT molecular complexity index is 1460. The van der Waals surface area contributed by atoms with Gasteiger partial charge in [0.05, 0.1) is 7.11 Å². The first-order valence-corrected chi connectivity index (χ1v) is 12.4. The standard InChI is InChI=1S/C31H33N4O.Ir/c1-19-33-27(20-12-10-9-11-13-20)35-28(34-19)22-17-25(36-8)26(32-18-22)21-14-15-23-24(16-21)30(4,5)31(6,7)29(23,2)3;/h9-13,15-18H,1-8H3;/q-1;. The zero-order chi connectivity index (χ0) is 25.9. The second kappa shape index (κ2) is 9.41. The molecule has 0 atom stereocenters. The topological polar surface area (TPSA) is 60.8 Å². The number of nitrogens with zero attached hydrogens (tertiary/aromatic N) is 4. The molecule has 5 rings (SSSR count). The van der Waals surface area contributed by atoms with Gasteiger partial charge in [0.1, 0.15) is 11.6 Å². The summed E-state index contributed by atoms with van der Waals surface area (Å²) in [4.78, 5) is 18.7. The summed E-state index contributed by atoms with van der Waals surface area (Å²) >= 11 is 0. The first kappa shape index (κ1) is 27.1. The van der Waals surface area contributed by atoms with E-state index in [2.05, 4.69) is 69.7 Å². The van der Waals surface area contributed by atoms with Gasteiger partial charge in [0.2, 0.25) is 0 Å². The number of aryl methyl sites for hydroxylation is 1. The van der Waals surface area contributed by atoms with E-state index in [9.17, 15) is 0 Å². The number of aromatic nitrogens is 4. The van der Waals surface area contributed by atoms with Crippen LogP contribution in [0.3, 0.4) is 0 Å². The maximum atomic E-state index is 5.81. The molecular formula is C31H33IrN4O-. The SMILES string of the molecule is COc1cc(-c2nc(C)nc(-c3ccccc3)n2)cnc1-c1[c-]cc2c(c1)C(C)(C)C(C)(C)C2(C)C.[Ir]. The van der Waals surface area contributed by atoms with E-state index in [0.717, 1.165) is 22.4 Å². The predicted molar refractivity (Wildman–Crippen MR) is 144 cm³/mol. The van der Waals surface area contributed by atoms with Crippen LogP contribution in [-0.2, 0) is 30.9 Å². The van der Waals surface area contributed by atoms with Crippen molar-refractivity contribution in [2.24, 2.45) is 5.41 Å². The molecule has 2 aromatic heterocycles. The first-order chi connectivity index (χ1) is 17.0. The number of benzene rings is 2. The number of fused-ring (bicyclic) bond motifs is 1. The minimum atomic E-state index is -0.000889. The van der Waals surface area contributed by atoms with Crippen LogP contribution < -0.4 is 4.74 Å². The minimum absolute atomic E-state index is 0. The Morgan fingerprint density at radius 3 is 2.05 bits per heavy atom. The Kier molecular flexibility index (Phi) is 6.89. The molecule has 0 fully saturated rings. The average molecular weight is 670 g/mol. The molecule has 2 aromatic carbocycles. The van der Waals surface area contributed by atoms with Crippen molar-refractivity contribution < 1.29 is 24.8 Å². The molecule has 0 unspecified atom stereocenters. The molecule has 1 aliphatic carbocycles. The van der Waals surface area contributed by atoms with Gasteiger partial charge in [-0.3, -0.25) is 0 Å². The van der Waals surface area contributed by atoms with Crippen LogP contribution >= 0.6 is 0 Å². The molecule has 0 bridgehead atoms. The predicted octanol–water partition coefficient (Wildman–Crippen LogP) is 6.98. The fourth-order valence-corrected chi connectivity index (χ4v) is 5.37. The third kappa shape index (κ3) is 4.20. The summed E-state index contributed by atoms with van der Waals surface area (Å²) in [5.41, 5.74) is 6.24. The number of methoxy groups -OCH3 is 1. The summed E-state index contributed by atoms with van der Waals surface area (Å²) < 4.78 is 5.81. The van der Waals surface area contributed by atoms with E-state index in [-0.39, 0.29) is 36.4 Å². The van der Waals surface area contributed by atoms with Crippen molar-refractivity contribution in [3.8, 4) is 39.8 Å². The molecular weight excluding hydrogens is 637 g/mol. The molecule has 2 heterocycles. The summed E-state index contributed by atoms with van der Waals surface area (Å²) in [5.74, 6) is 2.53. The van der Waals surface area contributed by atoms with Gasteiger partial charge >= 0.3 is 0 Å². The quantitative estimate of drug-likeness (QED) is 0.220. The average Bonchev–Trinajstić information content (AvgIpc) is 2.97. The normalized spacial score (nSPS) is 16.5. The molecule has 0 aliphatic heterocycles. The first-order valence-electron chi connectivity index (χ1n) is 12.4. The van der Waals surface area contributed by atoms with Crippen LogP contribution in [0.15, 0.2) is 54.7 Å². The van der Waals surface area contributed by atoms with Gasteiger partial charge in [-0.25, -0.2) is 15.0 Å². The molecule has 193 valence electrons. The summed E-state index contributed by atoms with van der Waals surface area (Å²) in [6.45, 7) is 15.9. The van der Waals surface area contributed by atoms with E-state index in [0.29, 0.717) is 23.2 Å². The number of ether oxygens (including phenoxy) is 1. The van der Waals surface area contributed by atoms with Crippen molar-refractivity contribution in [3.63, 3.8) is 0 Å².